The Morgan fingerprint density at radius 1 is 1.23 bits per heavy atom. The first-order valence-electron chi connectivity index (χ1n) is 12.0. The van der Waals surface area contributed by atoms with Crippen LogP contribution in [0.4, 0.5) is 5.82 Å². The van der Waals surface area contributed by atoms with Crippen LogP contribution in [-0.2, 0) is 0 Å². The number of nitrogens with zero attached hydrogens (tertiary/aromatic N) is 8. The molecule has 9 heteroatoms. The first-order valence-corrected chi connectivity index (χ1v) is 12.0. The molecular formula is C26H27N9. The molecule has 0 bridgehead atoms. The standard InChI is InChI=1S/C26H27N9/c1-3-17(2)20-5-10-30-26(22(20)12-28)34-11-7-18(14-34)23(4-8-27)35-15-19(13-33-35)24-21-6-9-29-25(21)32-16-31-24/h5-6,9-10,13,15-18,23H,3-4,7,11,14H2,1-2H3,(H,29,31,32). The van der Waals surface area contributed by atoms with E-state index in [-0.39, 0.29) is 12.0 Å². The fraction of sp³-hybridized carbons (Fsp3) is 0.385. The Hall–Kier alpha value is -4.24. The van der Waals surface area contributed by atoms with Crippen molar-refractivity contribution in [2.24, 2.45) is 5.92 Å². The number of nitriles is 2. The molecule has 0 amide bonds. The molecule has 5 rings (SSSR count). The zero-order chi connectivity index (χ0) is 24.4. The van der Waals surface area contributed by atoms with Gasteiger partial charge in [0.05, 0.1) is 36.0 Å². The second-order valence-electron chi connectivity index (χ2n) is 9.12. The largest absolute Gasteiger partial charge is 0.355 e. The second-order valence-corrected chi connectivity index (χ2v) is 9.12. The highest BCUT2D eigenvalue weighted by Crippen LogP contribution is 2.36. The van der Waals surface area contributed by atoms with Gasteiger partial charge in [0.2, 0.25) is 0 Å². The highest BCUT2D eigenvalue weighted by molar-refractivity contribution is 5.89. The Labute approximate surface area is 204 Å². The van der Waals surface area contributed by atoms with Gasteiger partial charge in [0.15, 0.2) is 0 Å². The number of pyridine rings is 1. The Kier molecular flexibility index (Phi) is 6.15. The van der Waals surface area contributed by atoms with E-state index in [0.717, 1.165) is 59.6 Å². The number of hydrogen-bond acceptors (Lipinski definition) is 7. The SMILES string of the molecule is CCC(C)c1ccnc(N2CCC(C(CC#N)n3cc(-c4ncnc5[nH]ccc45)cn3)C2)c1C#N. The van der Waals surface area contributed by atoms with E-state index < -0.39 is 0 Å². The Balaban J connectivity index is 1.41. The summed E-state index contributed by atoms with van der Waals surface area (Å²) in [4.78, 5) is 18.6. The molecule has 5 heterocycles. The van der Waals surface area contributed by atoms with Gasteiger partial charge in [-0.3, -0.25) is 4.68 Å². The molecule has 0 radical (unpaired) electrons. The topological polar surface area (TPSA) is 123 Å². The van der Waals surface area contributed by atoms with E-state index in [2.05, 4.69) is 55.9 Å². The smallest absolute Gasteiger partial charge is 0.146 e. The zero-order valence-electron chi connectivity index (χ0n) is 19.9. The molecule has 1 fully saturated rings. The van der Waals surface area contributed by atoms with Crippen LogP contribution >= 0.6 is 0 Å². The number of aromatic amines is 1. The molecule has 9 nitrogen and oxygen atoms in total. The van der Waals surface area contributed by atoms with Crippen LogP contribution in [-0.4, -0.2) is 42.8 Å². The molecular weight excluding hydrogens is 438 g/mol. The van der Waals surface area contributed by atoms with Crippen molar-refractivity contribution in [3.63, 3.8) is 0 Å². The zero-order valence-corrected chi connectivity index (χ0v) is 19.9. The van der Waals surface area contributed by atoms with Gasteiger partial charge in [-0.15, -0.1) is 0 Å². The van der Waals surface area contributed by atoms with Gasteiger partial charge in [-0.1, -0.05) is 13.8 Å². The normalized spacial score (nSPS) is 17.3. The molecule has 4 aromatic heterocycles. The van der Waals surface area contributed by atoms with Gasteiger partial charge in [0.25, 0.3) is 0 Å². The molecule has 35 heavy (non-hydrogen) atoms. The van der Waals surface area contributed by atoms with Crippen molar-refractivity contribution in [3.05, 3.63) is 54.4 Å². The molecule has 1 aliphatic heterocycles. The van der Waals surface area contributed by atoms with E-state index >= 15 is 0 Å². The van der Waals surface area contributed by atoms with Crippen LogP contribution in [0.15, 0.2) is 43.2 Å². The maximum atomic E-state index is 9.93. The van der Waals surface area contributed by atoms with E-state index in [9.17, 15) is 10.5 Å². The molecule has 176 valence electrons. The number of fused-ring (bicyclic) bond motifs is 1. The van der Waals surface area contributed by atoms with Crippen molar-refractivity contribution >= 4 is 16.9 Å². The fourth-order valence-electron chi connectivity index (χ4n) is 5.06. The molecule has 3 unspecified atom stereocenters. The molecule has 0 spiro atoms. The lowest BCUT2D eigenvalue weighted by Gasteiger charge is -2.24. The van der Waals surface area contributed by atoms with Gasteiger partial charge in [0.1, 0.15) is 23.9 Å². The third-order valence-electron chi connectivity index (χ3n) is 7.16. The maximum Gasteiger partial charge on any atom is 0.146 e. The van der Waals surface area contributed by atoms with Crippen LogP contribution in [0.25, 0.3) is 22.3 Å². The number of nitrogens with one attached hydrogen (secondary N) is 1. The lowest BCUT2D eigenvalue weighted by Crippen LogP contribution is -2.26. The Bertz CT molecular complexity index is 1420. The quantitative estimate of drug-likeness (QED) is 0.423. The van der Waals surface area contributed by atoms with Crippen molar-refractivity contribution in [2.75, 3.05) is 18.0 Å². The fourth-order valence-corrected chi connectivity index (χ4v) is 5.06. The first kappa shape index (κ1) is 22.5. The lowest BCUT2D eigenvalue weighted by atomic mass is 9.95. The highest BCUT2D eigenvalue weighted by atomic mass is 15.3. The number of hydrogen-bond donors (Lipinski definition) is 1. The second kappa shape index (κ2) is 9.55. The van der Waals surface area contributed by atoms with E-state index in [0.29, 0.717) is 17.9 Å². The number of anilines is 1. The van der Waals surface area contributed by atoms with Crippen LogP contribution < -0.4 is 4.90 Å². The van der Waals surface area contributed by atoms with Crippen LogP contribution in [0.2, 0.25) is 0 Å². The number of H-pyrrole nitrogens is 1. The van der Waals surface area contributed by atoms with Crippen molar-refractivity contribution in [3.8, 4) is 23.4 Å². The van der Waals surface area contributed by atoms with Gasteiger partial charge in [0, 0.05) is 48.5 Å². The van der Waals surface area contributed by atoms with Crippen molar-refractivity contribution in [1.82, 2.24) is 29.7 Å². The van der Waals surface area contributed by atoms with Crippen LogP contribution in [0.3, 0.4) is 0 Å². The molecule has 3 atom stereocenters. The number of rotatable bonds is 7. The minimum atomic E-state index is -0.0782. The highest BCUT2D eigenvalue weighted by Gasteiger charge is 2.33. The van der Waals surface area contributed by atoms with E-state index in [1.165, 1.54) is 0 Å². The monoisotopic (exact) mass is 465 g/mol. The molecule has 1 aliphatic rings. The predicted octanol–water partition coefficient (Wildman–Crippen LogP) is 4.58. The van der Waals surface area contributed by atoms with E-state index in [1.807, 2.05) is 29.2 Å². The van der Waals surface area contributed by atoms with Gasteiger partial charge in [-0.25, -0.2) is 15.0 Å². The van der Waals surface area contributed by atoms with Crippen LogP contribution in [0.5, 0.6) is 0 Å². The van der Waals surface area contributed by atoms with Gasteiger partial charge in [-0.2, -0.15) is 15.6 Å². The van der Waals surface area contributed by atoms with Crippen molar-refractivity contribution in [1.29, 1.82) is 10.5 Å². The average molecular weight is 466 g/mol. The third-order valence-corrected chi connectivity index (χ3v) is 7.16. The van der Waals surface area contributed by atoms with Gasteiger partial charge >= 0.3 is 0 Å². The Morgan fingerprint density at radius 2 is 2.11 bits per heavy atom. The summed E-state index contributed by atoms with van der Waals surface area (Å²) in [7, 11) is 0. The molecule has 4 aromatic rings. The molecule has 1 saturated heterocycles. The summed E-state index contributed by atoms with van der Waals surface area (Å²) in [6, 6.07) is 8.59. The summed E-state index contributed by atoms with van der Waals surface area (Å²) in [5.74, 6) is 1.26. The van der Waals surface area contributed by atoms with Crippen molar-refractivity contribution < 1.29 is 0 Å². The van der Waals surface area contributed by atoms with Gasteiger partial charge < -0.3 is 9.88 Å². The maximum absolute atomic E-state index is 9.93. The Morgan fingerprint density at radius 3 is 2.91 bits per heavy atom. The first-order chi connectivity index (χ1) is 17.1. The molecule has 1 N–H and O–H groups in total. The van der Waals surface area contributed by atoms with E-state index in [4.69, 9.17) is 0 Å². The summed E-state index contributed by atoms with van der Waals surface area (Å²) in [6.07, 6.45) is 11.2. The van der Waals surface area contributed by atoms with Crippen LogP contribution in [0.1, 0.15) is 56.2 Å². The van der Waals surface area contributed by atoms with Crippen LogP contribution in [0, 0.1) is 28.6 Å². The summed E-state index contributed by atoms with van der Waals surface area (Å²) in [6.45, 7) is 5.79. The predicted molar refractivity (Wildman–Crippen MR) is 132 cm³/mol. The van der Waals surface area contributed by atoms with E-state index in [1.54, 1.807) is 18.7 Å². The molecule has 0 aliphatic carbocycles. The molecule has 0 saturated carbocycles. The minimum Gasteiger partial charge on any atom is -0.355 e. The molecule has 0 aromatic carbocycles. The summed E-state index contributed by atoms with van der Waals surface area (Å²) >= 11 is 0. The number of aromatic nitrogens is 6. The lowest BCUT2D eigenvalue weighted by molar-refractivity contribution is 0.332. The summed E-state index contributed by atoms with van der Waals surface area (Å²) in [5.41, 5.74) is 4.21. The third kappa shape index (κ3) is 4.10. The summed E-state index contributed by atoms with van der Waals surface area (Å²) in [5, 5.41) is 25.1. The summed E-state index contributed by atoms with van der Waals surface area (Å²) < 4.78 is 1.90. The average Bonchev–Trinajstić information content (AvgIpc) is 3.66. The van der Waals surface area contributed by atoms with Crippen molar-refractivity contribution in [2.45, 2.75) is 45.1 Å². The minimum absolute atomic E-state index is 0.0782. The van der Waals surface area contributed by atoms with Gasteiger partial charge in [-0.05, 0) is 36.5 Å².